The molecule has 0 aliphatic carbocycles. The Morgan fingerprint density at radius 3 is 2.70 bits per heavy atom. The van der Waals surface area contributed by atoms with Gasteiger partial charge in [0.05, 0.1) is 6.10 Å². The van der Waals surface area contributed by atoms with Crippen LogP contribution in [0.5, 0.6) is 0 Å². The molecule has 2 rings (SSSR count). The van der Waals surface area contributed by atoms with Gasteiger partial charge in [-0.25, -0.2) is 4.31 Å². The fourth-order valence-corrected chi connectivity index (χ4v) is 5.59. The van der Waals surface area contributed by atoms with E-state index >= 15 is 0 Å². The molecule has 1 aromatic carbocycles. The molecule has 1 heterocycles. The molecule has 3 N–H and O–H groups in total. The van der Waals surface area contributed by atoms with E-state index in [0.29, 0.717) is 19.5 Å². The third-order valence-electron chi connectivity index (χ3n) is 5.71. The highest BCUT2D eigenvalue weighted by Gasteiger charge is 2.19. The fraction of sp³-hybridized carbons (Fsp3) is 0.577. The molecule has 1 aromatic heterocycles. The van der Waals surface area contributed by atoms with Crippen molar-refractivity contribution < 1.29 is 15.0 Å². The zero-order valence-corrected chi connectivity index (χ0v) is 22.1. The zero-order chi connectivity index (χ0) is 24.3. The normalized spacial score (nSPS) is 12.9. The summed E-state index contributed by atoms with van der Waals surface area (Å²) in [5.74, 6) is -0.741. The van der Waals surface area contributed by atoms with E-state index in [9.17, 15) is 9.90 Å². The Morgan fingerprint density at radius 1 is 1.24 bits per heavy atom. The highest BCUT2D eigenvalue weighted by Crippen LogP contribution is 2.27. The molecule has 0 fully saturated rings. The number of thiophene rings is 1. The van der Waals surface area contributed by atoms with Crippen LogP contribution in [0, 0.1) is 0 Å². The lowest BCUT2D eigenvalue weighted by molar-refractivity contribution is -0.137. The molecule has 0 unspecified atom stereocenters. The SMILES string of the molecule is CCc1cc(CCCC(=O)O)ccc1SN(C)C[C@H](O)CNC(C)(C)CCCc1cccs1. The van der Waals surface area contributed by atoms with Crippen molar-refractivity contribution in [2.24, 2.45) is 0 Å². The van der Waals surface area contributed by atoms with Gasteiger partial charge in [0.25, 0.3) is 0 Å². The molecule has 7 heteroatoms. The molecule has 0 spiro atoms. The molecule has 2 aromatic rings. The van der Waals surface area contributed by atoms with Gasteiger partial charge in [0, 0.05) is 34.8 Å². The third kappa shape index (κ3) is 11.1. The van der Waals surface area contributed by atoms with E-state index in [1.165, 1.54) is 20.9 Å². The maximum Gasteiger partial charge on any atom is 0.303 e. The summed E-state index contributed by atoms with van der Waals surface area (Å²) in [5, 5.41) is 25.1. The first-order valence-electron chi connectivity index (χ1n) is 11.9. The molecule has 0 saturated heterocycles. The number of aryl methyl sites for hydroxylation is 3. The highest BCUT2D eigenvalue weighted by atomic mass is 32.2. The van der Waals surface area contributed by atoms with E-state index in [2.05, 4.69) is 66.1 Å². The van der Waals surface area contributed by atoms with Crippen LogP contribution in [0.1, 0.15) is 62.5 Å². The van der Waals surface area contributed by atoms with Gasteiger partial charge in [-0.05, 0) is 100 Å². The number of benzene rings is 1. The van der Waals surface area contributed by atoms with Crippen molar-refractivity contribution in [3.05, 3.63) is 51.7 Å². The molecule has 1 atom stereocenters. The van der Waals surface area contributed by atoms with Crippen molar-refractivity contribution in [1.82, 2.24) is 9.62 Å². The van der Waals surface area contributed by atoms with E-state index in [1.54, 1.807) is 11.9 Å². The number of nitrogens with zero attached hydrogens (tertiary/aromatic N) is 1. The number of carboxylic acid groups (broad SMARTS) is 1. The van der Waals surface area contributed by atoms with Gasteiger partial charge in [-0.2, -0.15) is 0 Å². The summed E-state index contributed by atoms with van der Waals surface area (Å²) >= 11 is 3.48. The Bertz CT molecular complexity index is 840. The maximum absolute atomic E-state index is 10.7. The van der Waals surface area contributed by atoms with E-state index in [4.69, 9.17) is 5.11 Å². The average molecular weight is 493 g/mol. The van der Waals surface area contributed by atoms with E-state index < -0.39 is 12.1 Å². The molecule has 184 valence electrons. The molecule has 0 aliphatic rings. The maximum atomic E-state index is 10.7. The van der Waals surface area contributed by atoms with Crippen molar-refractivity contribution in [2.45, 2.75) is 82.3 Å². The number of carboxylic acids is 1. The van der Waals surface area contributed by atoms with Crippen molar-refractivity contribution in [3.63, 3.8) is 0 Å². The first kappa shape index (κ1) is 27.9. The Labute approximate surface area is 207 Å². The predicted octanol–water partition coefficient (Wildman–Crippen LogP) is 5.41. The standard InChI is InChI=1S/C26H40N2O3S2/c1-5-21-17-20(9-6-12-25(30)31)13-14-24(21)33-28(4)19-22(29)18-27-26(2,3)15-7-10-23-11-8-16-32-23/h8,11,13-14,16-17,22,27,29H,5-7,9-10,12,15,18-19H2,1-4H3,(H,30,31)/t22-/m1/s1. The number of hydrogen-bond donors (Lipinski definition) is 3. The molecular weight excluding hydrogens is 452 g/mol. The molecule has 0 amide bonds. The van der Waals surface area contributed by atoms with E-state index in [0.717, 1.165) is 32.1 Å². The summed E-state index contributed by atoms with van der Waals surface area (Å²) in [6, 6.07) is 10.7. The molecule has 0 saturated carbocycles. The first-order chi connectivity index (χ1) is 15.7. The van der Waals surface area contributed by atoms with Crippen molar-refractivity contribution in [2.75, 3.05) is 20.1 Å². The topological polar surface area (TPSA) is 72.8 Å². The molecule has 33 heavy (non-hydrogen) atoms. The van der Waals surface area contributed by atoms with Crippen LogP contribution in [0.25, 0.3) is 0 Å². The monoisotopic (exact) mass is 492 g/mol. The number of likely N-dealkylation sites (N-methyl/N-ethyl adjacent to an activating group) is 1. The van der Waals surface area contributed by atoms with Gasteiger partial charge in [-0.1, -0.05) is 25.1 Å². The number of aliphatic hydroxyl groups excluding tert-OH is 1. The van der Waals surface area contributed by atoms with Gasteiger partial charge >= 0.3 is 5.97 Å². The predicted molar refractivity (Wildman–Crippen MR) is 140 cm³/mol. The van der Waals surface area contributed by atoms with Crippen LogP contribution in [-0.2, 0) is 24.1 Å². The van der Waals surface area contributed by atoms with Crippen LogP contribution < -0.4 is 5.32 Å². The van der Waals surface area contributed by atoms with Crippen LogP contribution in [-0.4, -0.2) is 52.3 Å². The number of hydrogen-bond acceptors (Lipinski definition) is 6. The fourth-order valence-electron chi connectivity index (χ4n) is 3.81. The number of aliphatic carboxylic acids is 1. The molecule has 0 radical (unpaired) electrons. The van der Waals surface area contributed by atoms with Gasteiger partial charge in [0.2, 0.25) is 0 Å². The lowest BCUT2D eigenvalue weighted by Crippen LogP contribution is -2.45. The summed E-state index contributed by atoms with van der Waals surface area (Å²) in [4.78, 5) is 13.4. The minimum Gasteiger partial charge on any atom is -0.481 e. The minimum atomic E-state index is -0.741. The highest BCUT2D eigenvalue weighted by molar-refractivity contribution is 7.97. The van der Waals surface area contributed by atoms with Crippen molar-refractivity contribution in [1.29, 1.82) is 0 Å². The largest absolute Gasteiger partial charge is 0.481 e. The summed E-state index contributed by atoms with van der Waals surface area (Å²) in [7, 11) is 2.01. The number of rotatable bonds is 16. The van der Waals surface area contributed by atoms with Crippen molar-refractivity contribution >= 4 is 29.3 Å². The minimum absolute atomic E-state index is 0.00416. The Morgan fingerprint density at radius 2 is 2.03 bits per heavy atom. The second kappa shape index (κ2) is 14.1. The second-order valence-electron chi connectivity index (χ2n) is 9.30. The summed E-state index contributed by atoms with van der Waals surface area (Å²) in [5.41, 5.74) is 2.44. The van der Waals surface area contributed by atoms with Crippen LogP contribution in [0.2, 0.25) is 0 Å². The number of nitrogens with one attached hydrogen (secondary N) is 1. The molecule has 0 bridgehead atoms. The molecule has 0 aliphatic heterocycles. The lowest BCUT2D eigenvalue weighted by Gasteiger charge is -2.29. The lowest BCUT2D eigenvalue weighted by atomic mass is 9.96. The van der Waals surface area contributed by atoms with E-state index in [1.807, 2.05) is 18.4 Å². The Kier molecular flexibility index (Phi) is 11.9. The second-order valence-corrected chi connectivity index (χ2v) is 11.6. The zero-order valence-electron chi connectivity index (χ0n) is 20.5. The van der Waals surface area contributed by atoms with Gasteiger partial charge in [-0.15, -0.1) is 11.3 Å². The third-order valence-corrected chi connectivity index (χ3v) is 7.70. The number of β-amino-alcohol motifs (C(OH)–C–C–N with tert-alkyl or cyclic N) is 1. The molecule has 5 nitrogen and oxygen atoms in total. The smallest absolute Gasteiger partial charge is 0.303 e. The van der Waals surface area contributed by atoms with Gasteiger partial charge < -0.3 is 15.5 Å². The van der Waals surface area contributed by atoms with Gasteiger partial charge in [0.15, 0.2) is 0 Å². The Balaban J connectivity index is 1.75. The summed E-state index contributed by atoms with van der Waals surface area (Å²) < 4.78 is 2.09. The van der Waals surface area contributed by atoms with Crippen LogP contribution >= 0.6 is 23.3 Å². The quantitative estimate of drug-likeness (QED) is 0.272. The van der Waals surface area contributed by atoms with Crippen LogP contribution in [0.15, 0.2) is 40.6 Å². The number of aliphatic hydroxyl groups is 1. The average Bonchev–Trinajstić information content (AvgIpc) is 3.26. The van der Waals surface area contributed by atoms with Gasteiger partial charge in [0.1, 0.15) is 0 Å². The molecular formula is C26H40N2O3S2. The summed E-state index contributed by atoms with van der Waals surface area (Å²) in [6.45, 7) is 7.70. The van der Waals surface area contributed by atoms with Crippen LogP contribution in [0.4, 0.5) is 0 Å². The first-order valence-corrected chi connectivity index (χ1v) is 13.5. The summed E-state index contributed by atoms with van der Waals surface area (Å²) in [6.07, 6.45) is 5.45. The van der Waals surface area contributed by atoms with E-state index in [-0.39, 0.29) is 12.0 Å². The number of carbonyl (C=O) groups is 1. The van der Waals surface area contributed by atoms with Gasteiger partial charge in [-0.3, -0.25) is 4.79 Å². The Hall–Kier alpha value is -1.38. The van der Waals surface area contributed by atoms with Crippen LogP contribution in [0.3, 0.4) is 0 Å². The van der Waals surface area contributed by atoms with Crippen molar-refractivity contribution in [3.8, 4) is 0 Å².